The molecular formula is C20H27N5O. The molecule has 1 aromatic heterocycles. The molecule has 0 saturated carbocycles. The van der Waals surface area contributed by atoms with E-state index in [1.165, 1.54) is 0 Å². The Morgan fingerprint density at radius 2 is 2.15 bits per heavy atom. The van der Waals surface area contributed by atoms with Crippen LogP contribution in [0.25, 0.3) is 6.08 Å². The van der Waals surface area contributed by atoms with Crippen molar-refractivity contribution >= 4 is 12.0 Å². The number of allylic oxidation sites excluding steroid dienone is 1. The number of rotatable bonds is 7. The van der Waals surface area contributed by atoms with Crippen LogP contribution in [0, 0.1) is 5.92 Å². The highest BCUT2D eigenvalue weighted by atomic mass is 16.2. The van der Waals surface area contributed by atoms with E-state index in [1.54, 1.807) is 15.8 Å². The predicted octanol–water partition coefficient (Wildman–Crippen LogP) is 2.41. The molecule has 2 aromatic rings. The Morgan fingerprint density at radius 1 is 1.35 bits per heavy atom. The molecule has 1 aromatic carbocycles. The number of nitrogens with zero attached hydrogens (tertiary/aromatic N) is 5. The van der Waals surface area contributed by atoms with E-state index in [-0.39, 0.29) is 5.91 Å². The van der Waals surface area contributed by atoms with Gasteiger partial charge in [-0.3, -0.25) is 4.79 Å². The van der Waals surface area contributed by atoms with Crippen LogP contribution in [0.2, 0.25) is 0 Å². The van der Waals surface area contributed by atoms with Crippen LogP contribution in [0.15, 0.2) is 42.6 Å². The second kappa shape index (κ2) is 8.76. The van der Waals surface area contributed by atoms with E-state index in [0.29, 0.717) is 18.2 Å². The molecule has 1 amide bonds. The summed E-state index contributed by atoms with van der Waals surface area (Å²) in [5, 5.41) is 8.11. The van der Waals surface area contributed by atoms with Gasteiger partial charge < -0.3 is 9.80 Å². The Morgan fingerprint density at radius 3 is 2.88 bits per heavy atom. The fourth-order valence-corrected chi connectivity index (χ4v) is 3.36. The number of benzene rings is 1. The minimum Gasteiger partial charge on any atom is -0.340 e. The molecule has 26 heavy (non-hydrogen) atoms. The first-order chi connectivity index (χ1) is 12.7. The van der Waals surface area contributed by atoms with Crippen LogP contribution in [0.4, 0.5) is 0 Å². The lowest BCUT2D eigenvalue weighted by molar-refractivity contribution is 0.0767. The Bertz CT molecular complexity index is 740. The maximum atomic E-state index is 12.6. The van der Waals surface area contributed by atoms with Crippen LogP contribution in [0.1, 0.15) is 29.4 Å². The molecule has 0 radical (unpaired) electrons. The molecule has 1 saturated heterocycles. The smallest absolute Gasteiger partial charge is 0.275 e. The van der Waals surface area contributed by atoms with E-state index in [1.807, 2.05) is 49.5 Å². The average Bonchev–Trinajstić information content (AvgIpc) is 3.31. The molecular weight excluding hydrogens is 326 g/mol. The van der Waals surface area contributed by atoms with Gasteiger partial charge in [-0.05, 0) is 31.0 Å². The summed E-state index contributed by atoms with van der Waals surface area (Å²) in [5.41, 5.74) is 1.55. The summed E-state index contributed by atoms with van der Waals surface area (Å²) in [6.07, 6.45) is 6.93. The van der Waals surface area contributed by atoms with Crippen molar-refractivity contribution in [1.82, 2.24) is 24.8 Å². The van der Waals surface area contributed by atoms with Gasteiger partial charge in [0.05, 0.1) is 12.7 Å². The maximum Gasteiger partial charge on any atom is 0.275 e. The van der Waals surface area contributed by atoms with E-state index in [0.717, 1.165) is 38.2 Å². The molecule has 3 rings (SSSR count). The first-order valence-corrected chi connectivity index (χ1v) is 9.25. The molecule has 0 N–H and O–H groups in total. The van der Waals surface area contributed by atoms with Gasteiger partial charge in [-0.25, -0.2) is 4.68 Å². The van der Waals surface area contributed by atoms with Crippen LogP contribution >= 0.6 is 0 Å². The third-order valence-corrected chi connectivity index (χ3v) is 4.86. The van der Waals surface area contributed by atoms with Gasteiger partial charge in [0.25, 0.3) is 5.91 Å². The van der Waals surface area contributed by atoms with Crippen molar-refractivity contribution in [2.75, 3.05) is 33.2 Å². The molecule has 6 nitrogen and oxygen atoms in total. The lowest BCUT2D eigenvalue weighted by Crippen LogP contribution is -2.33. The van der Waals surface area contributed by atoms with Crippen LogP contribution in [0.5, 0.6) is 0 Å². The van der Waals surface area contributed by atoms with Gasteiger partial charge in [0, 0.05) is 20.1 Å². The topological polar surface area (TPSA) is 54.3 Å². The summed E-state index contributed by atoms with van der Waals surface area (Å²) in [4.78, 5) is 16.8. The molecule has 0 bridgehead atoms. The van der Waals surface area contributed by atoms with Crippen molar-refractivity contribution in [3.05, 3.63) is 53.9 Å². The fraction of sp³-hybridized carbons (Fsp3) is 0.450. The highest BCUT2D eigenvalue weighted by Gasteiger charge is 2.25. The van der Waals surface area contributed by atoms with Crippen molar-refractivity contribution in [3.8, 4) is 0 Å². The van der Waals surface area contributed by atoms with Crippen molar-refractivity contribution in [2.45, 2.75) is 19.9 Å². The quantitative estimate of drug-likeness (QED) is 0.767. The highest BCUT2D eigenvalue weighted by Crippen LogP contribution is 2.17. The van der Waals surface area contributed by atoms with E-state index in [9.17, 15) is 4.79 Å². The fourth-order valence-electron chi connectivity index (χ4n) is 3.36. The zero-order valence-electron chi connectivity index (χ0n) is 15.6. The molecule has 0 aliphatic carbocycles. The Balaban J connectivity index is 1.51. The van der Waals surface area contributed by atoms with E-state index < -0.39 is 0 Å². The third-order valence-electron chi connectivity index (χ3n) is 4.86. The molecule has 2 heterocycles. The maximum absolute atomic E-state index is 12.6. The van der Waals surface area contributed by atoms with Crippen LogP contribution in [-0.4, -0.2) is 63.9 Å². The Labute approximate surface area is 155 Å². The Kier molecular flexibility index (Phi) is 6.17. The molecule has 6 heteroatoms. The van der Waals surface area contributed by atoms with Gasteiger partial charge >= 0.3 is 0 Å². The minimum atomic E-state index is -0.0572. The summed E-state index contributed by atoms with van der Waals surface area (Å²) in [6.45, 7) is 6.84. The number of carbonyl (C=O) groups is 1. The normalized spacial score (nSPS) is 17.8. The van der Waals surface area contributed by atoms with Gasteiger partial charge in [-0.2, -0.15) is 0 Å². The van der Waals surface area contributed by atoms with Crippen molar-refractivity contribution in [2.24, 2.45) is 5.92 Å². The number of amides is 1. The number of aromatic nitrogens is 3. The van der Waals surface area contributed by atoms with Crippen molar-refractivity contribution in [1.29, 1.82) is 0 Å². The van der Waals surface area contributed by atoms with Crippen LogP contribution < -0.4 is 0 Å². The monoisotopic (exact) mass is 353 g/mol. The first kappa shape index (κ1) is 18.3. The van der Waals surface area contributed by atoms with Gasteiger partial charge in [-0.1, -0.05) is 54.6 Å². The lowest BCUT2D eigenvalue weighted by atomic mass is 10.1. The number of likely N-dealkylation sites (tertiary alicyclic amines) is 1. The average molecular weight is 353 g/mol. The third kappa shape index (κ3) is 4.79. The first-order valence-electron chi connectivity index (χ1n) is 9.25. The van der Waals surface area contributed by atoms with E-state index in [2.05, 4.69) is 22.1 Å². The Hall–Kier alpha value is -2.47. The second-order valence-corrected chi connectivity index (χ2v) is 6.87. The second-order valence-electron chi connectivity index (χ2n) is 6.87. The van der Waals surface area contributed by atoms with Crippen molar-refractivity contribution < 1.29 is 4.79 Å². The zero-order valence-corrected chi connectivity index (χ0v) is 15.6. The molecule has 0 spiro atoms. The van der Waals surface area contributed by atoms with Crippen molar-refractivity contribution in [3.63, 3.8) is 0 Å². The van der Waals surface area contributed by atoms with Gasteiger partial charge in [0.1, 0.15) is 0 Å². The molecule has 1 aliphatic heterocycles. The standard InChI is InChI=1S/C20H27N5O/c1-3-24-13-11-18(15-24)14-23(2)20(26)19-16-25(22-21-19)12-7-10-17-8-5-4-6-9-17/h4-10,16,18H,3,11-15H2,1-2H3/b10-7+/t18-/m1/s1. The summed E-state index contributed by atoms with van der Waals surface area (Å²) in [5.74, 6) is 0.492. The predicted molar refractivity (Wildman–Crippen MR) is 103 cm³/mol. The largest absolute Gasteiger partial charge is 0.340 e. The molecule has 0 unspecified atom stereocenters. The van der Waals surface area contributed by atoms with Crippen LogP contribution in [-0.2, 0) is 6.54 Å². The summed E-state index contributed by atoms with van der Waals surface area (Å²) in [6, 6.07) is 10.1. The number of hydrogen-bond acceptors (Lipinski definition) is 4. The number of carbonyl (C=O) groups excluding carboxylic acids is 1. The van der Waals surface area contributed by atoms with E-state index >= 15 is 0 Å². The zero-order chi connectivity index (χ0) is 18.4. The lowest BCUT2D eigenvalue weighted by Gasteiger charge is -2.20. The molecule has 1 atom stereocenters. The van der Waals surface area contributed by atoms with Gasteiger partial charge in [-0.15, -0.1) is 5.10 Å². The molecule has 1 aliphatic rings. The molecule has 138 valence electrons. The highest BCUT2D eigenvalue weighted by molar-refractivity contribution is 5.91. The van der Waals surface area contributed by atoms with E-state index in [4.69, 9.17) is 0 Å². The molecule has 1 fully saturated rings. The van der Waals surface area contributed by atoms with Gasteiger partial charge in [0.2, 0.25) is 0 Å². The number of hydrogen-bond donors (Lipinski definition) is 0. The summed E-state index contributed by atoms with van der Waals surface area (Å²) >= 11 is 0. The van der Waals surface area contributed by atoms with Gasteiger partial charge in [0.15, 0.2) is 5.69 Å². The summed E-state index contributed by atoms with van der Waals surface area (Å²) in [7, 11) is 1.85. The minimum absolute atomic E-state index is 0.0572. The van der Waals surface area contributed by atoms with Crippen LogP contribution in [0.3, 0.4) is 0 Å². The summed E-state index contributed by atoms with van der Waals surface area (Å²) < 4.78 is 1.69. The SMILES string of the molecule is CCN1CC[C@H](CN(C)C(=O)c2cn(C/C=C/c3ccccc3)nn2)C1.